The van der Waals surface area contributed by atoms with Crippen LogP contribution in [0.3, 0.4) is 0 Å². The highest BCUT2D eigenvalue weighted by Gasteiger charge is 2.25. The first-order valence-electron chi connectivity index (χ1n) is 22.2. The van der Waals surface area contributed by atoms with Crippen LogP contribution in [0.1, 0.15) is 0 Å². The van der Waals surface area contributed by atoms with E-state index in [0.29, 0.717) is 0 Å². The number of hydrogen-bond donors (Lipinski definition) is 0. The molecule has 0 aliphatic carbocycles. The summed E-state index contributed by atoms with van der Waals surface area (Å²) in [5, 5.41) is 9.22. The van der Waals surface area contributed by atoms with Crippen molar-refractivity contribution in [1.29, 1.82) is 0 Å². The van der Waals surface area contributed by atoms with Crippen LogP contribution in [0.5, 0.6) is 0 Å². The lowest BCUT2D eigenvalue weighted by Crippen LogP contribution is -2.12. The summed E-state index contributed by atoms with van der Waals surface area (Å²) in [7, 11) is 0. The minimum absolute atomic E-state index is 0.885. The maximum Gasteiger partial charge on any atom is 0.143 e. The van der Waals surface area contributed by atoms with Gasteiger partial charge in [-0.15, -0.1) is 0 Å². The number of furan rings is 2. The fourth-order valence-corrected chi connectivity index (χ4v) is 10.1. The summed E-state index contributed by atoms with van der Waals surface area (Å²) in [5.41, 5.74) is 15.7. The van der Waals surface area contributed by atoms with E-state index in [4.69, 9.17) is 8.83 Å². The molecule has 0 N–H and O–H groups in total. The van der Waals surface area contributed by atoms with Crippen molar-refractivity contribution in [1.82, 2.24) is 0 Å². The zero-order valence-corrected chi connectivity index (χ0v) is 35.3. The zero-order valence-electron chi connectivity index (χ0n) is 35.3. The second kappa shape index (κ2) is 15.0. The van der Waals surface area contributed by atoms with Gasteiger partial charge in [0.1, 0.15) is 22.3 Å². The fraction of sp³-hybridized carbons (Fsp3) is 0. The molecule has 0 aliphatic heterocycles. The van der Waals surface area contributed by atoms with Gasteiger partial charge in [-0.05, 0) is 86.4 Å². The Hall–Kier alpha value is -8.66. The number of rotatable bonds is 7. The van der Waals surface area contributed by atoms with E-state index in [9.17, 15) is 0 Å². The molecule has 0 saturated carbocycles. The molecule has 3 nitrogen and oxygen atoms in total. The molecule has 2 heterocycles. The summed E-state index contributed by atoms with van der Waals surface area (Å²) in [5.74, 6) is 0. The maximum atomic E-state index is 6.62. The predicted molar refractivity (Wildman–Crippen MR) is 272 cm³/mol. The average Bonchev–Trinajstić information content (AvgIpc) is 3.96. The Morgan fingerprint density at radius 3 is 1.42 bits per heavy atom. The number of anilines is 3. The van der Waals surface area contributed by atoms with Crippen molar-refractivity contribution in [2.24, 2.45) is 0 Å². The van der Waals surface area contributed by atoms with Gasteiger partial charge in [-0.1, -0.05) is 194 Å². The van der Waals surface area contributed by atoms with Crippen molar-refractivity contribution in [2.45, 2.75) is 0 Å². The topological polar surface area (TPSA) is 29.5 Å². The largest absolute Gasteiger partial charge is 0.455 e. The highest BCUT2D eigenvalue weighted by Crippen LogP contribution is 2.51. The van der Waals surface area contributed by atoms with Crippen LogP contribution < -0.4 is 4.90 Å². The smallest absolute Gasteiger partial charge is 0.143 e. The van der Waals surface area contributed by atoms with Crippen LogP contribution in [0.25, 0.3) is 110 Å². The summed E-state index contributed by atoms with van der Waals surface area (Å²) in [6, 6.07) is 84.8. The van der Waals surface area contributed by atoms with E-state index in [0.717, 1.165) is 99.7 Å². The fourth-order valence-electron chi connectivity index (χ4n) is 10.1. The Bertz CT molecular complexity index is 3950. The molecule has 13 aromatic rings. The van der Waals surface area contributed by atoms with Gasteiger partial charge in [-0.3, -0.25) is 0 Å². The van der Waals surface area contributed by atoms with E-state index in [-0.39, 0.29) is 0 Å². The Kier molecular flexibility index (Phi) is 8.53. The molecule has 0 saturated heterocycles. The van der Waals surface area contributed by atoms with E-state index in [1.54, 1.807) is 0 Å². The molecule has 0 radical (unpaired) electrons. The van der Waals surface area contributed by atoms with Gasteiger partial charge < -0.3 is 13.7 Å². The van der Waals surface area contributed by atoms with Crippen LogP contribution in [-0.2, 0) is 0 Å². The second-order valence-electron chi connectivity index (χ2n) is 16.8. The lowest BCUT2D eigenvalue weighted by atomic mass is 9.88. The summed E-state index contributed by atoms with van der Waals surface area (Å²) in [4.78, 5) is 2.47. The van der Waals surface area contributed by atoms with Crippen LogP contribution in [0, 0.1) is 0 Å². The van der Waals surface area contributed by atoms with E-state index in [1.807, 2.05) is 18.2 Å². The average molecular weight is 830 g/mol. The molecule has 304 valence electrons. The second-order valence-corrected chi connectivity index (χ2v) is 16.8. The van der Waals surface area contributed by atoms with Gasteiger partial charge in [0.2, 0.25) is 0 Å². The first-order chi connectivity index (χ1) is 32.2. The monoisotopic (exact) mass is 829 g/mol. The number of nitrogens with zero attached hydrogens (tertiary/aromatic N) is 1. The van der Waals surface area contributed by atoms with Crippen molar-refractivity contribution in [3.05, 3.63) is 237 Å². The van der Waals surface area contributed by atoms with Crippen molar-refractivity contribution < 1.29 is 8.83 Å². The molecule has 0 aliphatic rings. The molecule has 0 unspecified atom stereocenters. The molecule has 0 spiro atoms. The van der Waals surface area contributed by atoms with Crippen molar-refractivity contribution in [3.8, 4) is 44.5 Å². The van der Waals surface area contributed by atoms with Crippen LogP contribution >= 0.6 is 0 Å². The normalized spacial score (nSPS) is 11.7. The summed E-state index contributed by atoms with van der Waals surface area (Å²) in [6.07, 6.45) is 0. The quantitative estimate of drug-likeness (QED) is 0.150. The van der Waals surface area contributed by atoms with E-state index < -0.39 is 0 Å². The third-order valence-corrected chi connectivity index (χ3v) is 13.0. The highest BCUT2D eigenvalue weighted by molar-refractivity contribution is 6.23. The van der Waals surface area contributed by atoms with Gasteiger partial charge in [0.25, 0.3) is 0 Å². The third kappa shape index (κ3) is 6.05. The molecule has 0 bridgehead atoms. The number of hydrogen-bond acceptors (Lipinski definition) is 3. The van der Waals surface area contributed by atoms with Crippen LogP contribution in [0.2, 0.25) is 0 Å². The minimum Gasteiger partial charge on any atom is -0.455 e. The highest BCUT2D eigenvalue weighted by atomic mass is 16.3. The van der Waals surface area contributed by atoms with Crippen molar-refractivity contribution >= 4 is 82.5 Å². The lowest BCUT2D eigenvalue weighted by Gasteiger charge is -2.31. The standard InChI is InChI=1S/C62H39NO2/c1-2-16-40(17-3-1)42-18-12-20-44(38-42)59-53-26-6-4-22-49(53)50-23-5-7-27-54(50)60(59)63(45-36-34-41(35-37-45)47-28-14-30-55-51-24-8-10-32-57(51)64-61(47)55)46-21-13-19-43(39-46)48-29-15-31-56-52-25-9-11-33-58(52)65-62(48)56/h1-39H. The molecule has 3 heteroatoms. The lowest BCUT2D eigenvalue weighted by molar-refractivity contribution is 0.669. The first-order valence-corrected chi connectivity index (χ1v) is 22.2. The number of fused-ring (bicyclic) bond motifs is 9. The Morgan fingerprint density at radius 2 is 0.738 bits per heavy atom. The summed E-state index contributed by atoms with van der Waals surface area (Å²) in [6.45, 7) is 0. The maximum absolute atomic E-state index is 6.62. The van der Waals surface area contributed by atoms with Gasteiger partial charge >= 0.3 is 0 Å². The molecule has 0 amide bonds. The van der Waals surface area contributed by atoms with E-state index >= 15 is 0 Å². The summed E-state index contributed by atoms with van der Waals surface area (Å²) >= 11 is 0. The molecule has 0 fully saturated rings. The van der Waals surface area contributed by atoms with Gasteiger partial charge in [-0.2, -0.15) is 0 Å². The number of para-hydroxylation sites is 4. The zero-order chi connectivity index (χ0) is 42.8. The van der Waals surface area contributed by atoms with Gasteiger partial charge in [0, 0.05) is 55.0 Å². The Morgan fingerprint density at radius 1 is 0.262 bits per heavy atom. The van der Waals surface area contributed by atoms with E-state index in [1.165, 1.54) is 27.3 Å². The Balaban J connectivity index is 1.08. The minimum atomic E-state index is 0.885. The predicted octanol–water partition coefficient (Wildman–Crippen LogP) is 17.9. The molecule has 13 rings (SSSR count). The third-order valence-electron chi connectivity index (χ3n) is 13.0. The van der Waals surface area contributed by atoms with Gasteiger partial charge in [0.15, 0.2) is 0 Å². The SMILES string of the molecule is c1ccc(-c2cccc(-c3c(N(c4ccc(-c5cccc6c5oc5ccccc56)cc4)c4cccc(-c5cccc6c5oc5ccccc56)c4)c4ccccc4c4ccccc34)c2)cc1. The molecule has 0 atom stereocenters. The van der Waals surface area contributed by atoms with Crippen LogP contribution in [0.4, 0.5) is 17.1 Å². The van der Waals surface area contributed by atoms with Crippen molar-refractivity contribution in [3.63, 3.8) is 0 Å². The molecular weight excluding hydrogens is 791 g/mol. The summed E-state index contributed by atoms with van der Waals surface area (Å²) < 4.78 is 13.2. The van der Waals surface area contributed by atoms with Gasteiger partial charge in [0.05, 0.1) is 5.69 Å². The van der Waals surface area contributed by atoms with Gasteiger partial charge in [-0.25, -0.2) is 0 Å². The molecule has 65 heavy (non-hydrogen) atoms. The first kappa shape index (κ1) is 36.9. The van der Waals surface area contributed by atoms with E-state index in [2.05, 4.69) is 223 Å². The Labute approximate surface area is 375 Å². The number of benzene rings is 11. The molecule has 11 aromatic carbocycles. The molecule has 2 aromatic heterocycles. The van der Waals surface area contributed by atoms with Crippen LogP contribution in [-0.4, -0.2) is 0 Å². The molecular formula is C62H39NO2. The van der Waals surface area contributed by atoms with Crippen LogP contribution in [0.15, 0.2) is 245 Å². The van der Waals surface area contributed by atoms with Crippen molar-refractivity contribution in [2.75, 3.05) is 4.90 Å².